The lowest BCUT2D eigenvalue weighted by molar-refractivity contribution is -0.132. The third kappa shape index (κ3) is 2.67. The number of hydrogen-bond donors (Lipinski definition) is 2. The van der Waals surface area contributed by atoms with Gasteiger partial charge in [0.2, 0.25) is 0 Å². The van der Waals surface area contributed by atoms with Crippen molar-refractivity contribution >= 4 is 23.6 Å². The van der Waals surface area contributed by atoms with Crippen LogP contribution in [-0.4, -0.2) is 21.9 Å². The molecule has 104 valence electrons. The number of aliphatic carboxylic acids is 1. The largest absolute Gasteiger partial charge is 0.478 e. The van der Waals surface area contributed by atoms with Crippen LogP contribution in [0.25, 0.3) is 17.3 Å². The molecular formula is C16H13N3O2. The second-order valence-corrected chi connectivity index (χ2v) is 4.74. The number of amidine groups is 1. The zero-order chi connectivity index (χ0) is 14.8. The highest BCUT2D eigenvalue weighted by atomic mass is 16.4. The number of carboxylic acid groups (broad SMARTS) is 1. The van der Waals surface area contributed by atoms with Gasteiger partial charge in [-0.3, -0.25) is 4.98 Å². The summed E-state index contributed by atoms with van der Waals surface area (Å²) in [6.07, 6.45) is 3.48. The minimum atomic E-state index is -0.977. The highest BCUT2D eigenvalue weighted by molar-refractivity contribution is 6.02. The molecule has 1 aromatic heterocycles. The Morgan fingerprint density at radius 2 is 2.10 bits per heavy atom. The van der Waals surface area contributed by atoms with Gasteiger partial charge in [0.25, 0.3) is 0 Å². The lowest BCUT2D eigenvalue weighted by Gasteiger charge is -2.05. The number of fused-ring (bicyclic) bond motifs is 1. The van der Waals surface area contributed by atoms with Crippen LogP contribution in [0.4, 0.5) is 5.69 Å². The number of nitrogens with zero attached hydrogens (tertiary/aromatic N) is 2. The van der Waals surface area contributed by atoms with Gasteiger partial charge < -0.3 is 10.8 Å². The van der Waals surface area contributed by atoms with E-state index >= 15 is 0 Å². The number of carboxylic acids is 1. The molecule has 3 N–H and O–H groups in total. The van der Waals surface area contributed by atoms with Crippen molar-refractivity contribution in [3.63, 3.8) is 0 Å². The molecule has 0 radical (unpaired) electrons. The molecule has 1 aromatic carbocycles. The Balaban J connectivity index is 2.11. The smallest absolute Gasteiger partial charge is 0.332 e. The van der Waals surface area contributed by atoms with E-state index in [2.05, 4.69) is 9.98 Å². The summed E-state index contributed by atoms with van der Waals surface area (Å²) in [7, 11) is 0. The third-order valence-corrected chi connectivity index (χ3v) is 3.23. The van der Waals surface area contributed by atoms with Crippen molar-refractivity contribution in [2.45, 2.75) is 6.42 Å². The van der Waals surface area contributed by atoms with Gasteiger partial charge >= 0.3 is 5.97 Å². The monoisotopic (exact) mass is 279 g/mol. The molecule has 0 saturated heterocycles. The number of rotatable bonds is 2. The molecule has 2 heterocycles. The number of carbonyl (C=O) groups is 1. The average molecular weight is 279 g/mol. The highest BCUT2D eigenvalue weighted by Crippen LogP contribution is 2.30. The molecule has 2 aromatic rings. The number of hydrogen-bond acceptors (Lipinski definition) is 4. The normalized spacial score (nSPS) is 13.7. The van der Waals surface area contributed by atoms with E-state index in [-0.39, 0.29) is 12.0 Å². The van der Waals surface area contributed by atoms with E-state index < -0.39 is 5.97 Å². The van der Waals surface area contributed by atoms with Crippen molar-refractivity contribution in [2.75, 3.05) is 0 Å². The SMILES string of the molecule is NC1=Nc2cc(-c3ccccn3)ccc2C=C(C(=O)O)C1. The van der Waals surface area contributed by atoms with Crippen molar-refractivity contribution in [2.24, 2.45) is 10.7 Å². The topological polar surface area (TPSA) is 88.6 Å². The van der Waals surface area contributed by atoms with Crippen molar-refractivity contribution < 1.29 is 9.90 Å². The first-order chi connectivity index (χ1) is 10.1. The summed E-state index contributed by atoms with van der Waals surface area (Å²) < 4.78 is 0. The first-order valence-corrected chi connectivity index (χ1v) is 6.46. The molecule has 0 saturated carbocycles. The molecule has 0 aliphatic carbocycles. The highest BCUT2D eigenvalue weighted by Gasteiger charge is 2.15. The number of aliphatic imine (C=N–C) groups is 1. The summed E-state index contributed by atoms with van der Waals surface area (Å²) in [5, 5.41) is 9.15. The van der Waals surface area contributed by atoms with Crippen molar-refractivity contribution in [1.82, 2.24) is 4.98 Å². The minimum absolute atomic E-state index is 0.142. The lowest BCUT2D eigenvalue weighted by Crippen LogP contribution is -2.14. The Labute approximate surface area is 121 Å². The van der Waals surface area contributed by atoms with Gasteiger partial charge in [0.15, 0.2) is 0 Å². The molecule has 0 atom stereocenters. The molecule has 3 rings (SSSR count). The average Bonchev–Trinajstić information content (AvgIpc) is 2.65. The fourth-order valence-corrected chi connectivity index (χ4v) is 2.22. The maximum Gasteiger partial charge on any atom is 0.332 e. The maximum atomic E-state index is 11.2. The summed E-state index contributed by atoms with van der Waals surface area (Å²) in [6.45, 7) is 0. The molecule has 0 unspecified atom stereocenters. The zero-order valence-corrected chi connectivity index (χ0v) is 11.2. The van der Waals surface area contributed by atoms with Crippen LogP contribution in [0.15, 0.2) is 53.2 Å². The van der Waals surface area contributed by atoms with Gasteiger partial charge in [-0.15, -0.1) is 0 Å². The van der Waals surface area contributed by atoms with Crippen LogP contribution >= 0.6 is 0 Å². The summed E-state index contributed by atoms with van der Waals surface area (Å²) in [6, 6.07) is 11.3. The van der Waals surface area contributed by atoms with Crippen LogP contribution in [0.3, 0.4) is 0 Å². The number of benzene rings is 1. The van der Waals surface area contributed by atoms with E-state index in [1.807, 2.05) is 36.4 Å². The first-order valence-electron chi connectivity index (χ1n) is 6.46. The van der Waals surface area contributed by atoms with E-state index in [1.165, 1.54) is 0 Å². The fraction of sp³-hybridized carbons (Fsp3) is 0.0625. The standard InChI is InChI=1S/C16H13N3O2/c17-15-9-12(16(20)21)7-10-4-5-11(8-14(10)19-15)13-3-1-2-6-18-13/h1-8H,9H2,(H2,17,19)(H,20,21). The molecular weight excluding hydrogens is 266 g/mol. The zero-order valence-electron chi connectivity index (χ0n) is 11.2. The molecule has 0 bridgehead atoms. The third-order valence-electron chi connectivity index (χ3n) is 3.23. The van der Waals surface area contributed by atoms with Gasteiger partial charge in [-0.25, -0.2) is 9.79 Å². The maximum absolute atomic E-state index is 11.2. The second-order valence-electron chi connectivity index (χ2n) is 4.74. The summed E-state index contributed by atoms with van der Waals surface area (Å²) in [5.41, 5.74) is 9.18. The Hall–Kier alpha value is -2.95. The summed E-state index contributed by atoms with van der Waals surface area (Å²) >= 11 is 0. The molecule has 5 heteroatoms. The van der Waals surface area contributed by atoms with Gasteiger partial charge in [0.05, 0.1) is 11.4 Å². The molecule has 1 aliphatic heterocycles. The van der Waals surface area contributed by atoms with E-state index in [9.17, 15) is 4.79 Å². The molecule has 0 fully saturated rings. The summed E-state index contributed by atoms with van der Waals surface area (Å²) in [5.74, 6) is -0.685. The van der Waals surface area contributed by atoms with E-state index in [0.29, 0.717) is 11.5 Å². The van der Waals surface area contributed by atoms with Gasteiger partial charge in [-0.05, 0) is 24.3 Å². The molecule has 1 aliphatic rings. The van der Waals surface area contributed by atoms with Gasteiger partial charge in [0.1, 0.15) is 5.84 Å². The molecule has 21 heavy (non-hydrogen) atoms. The van der Waals surface area contributed by atoms with Crippen LogP contribution in [0.5, 0.6) is 0 Å². The predicted octanol–water partition coefficient (Wildman–Crippen LogP) is 2.61. The Kier molecular flexibility index (Phi) is 3.23. The molecule has 5 nitrogen and oxygen atoms in total. The number of pyridine rings is 1. The Bertz CT molecular complexity index is 764. The first kappa shape index (κ1) is 13.1. The van der Waals surface area contributed by atoms with Crippen molar-refractivity contribution in [3.05, 3.63) is 53.7 Å². The molecule has 0 amide bonds. The Morgan fingerprint density at radius 1 is 1.24 bits per heavy atom. The van der Waals surface area contributed by atoms with Crippen LogP contribution in [0.2, 0.25) is 0 Å². The predicted molar refractivity (Wildman–Crippen MR) is 81.2 cm³/mol. The van der Waals surface area contributed by atoms with Crippen molar-refractivity contribution in [3.8, 4) is 11.3 Å². The Morgan fingerprint density at radius 3 is 2.81 bits per heavy atom. The second kappa shape index (κ2) is 5.20. The van der Waals surface area contributed by atoms with Crippen LogP contribution in [0, 0.1) is 0 Å². The van der Waals surface area contributed by atoms with Gasteiger partial charge in [-0.2, -0.15) is 0 Å². The summed E-state index contributed by atoms with van der Waals surface area (Å²) in [4.78, 5) is 19.8. The van der Waals surface area contributed by atoms with E-state index in [0.717, 1.165) is 16.8 Å². The van der Waals surface area contributed by atoms with Crippen LogP contribution < -0.4 is 5.73 Å². The van der Waals surface area contributed by atoms with Crippen molar-refractivity contribution in [1.29, 1.82) is 0 Å². The quantitative estimate of drug-likeness (QED) is 0.884. The molecule has 0 spiro atoms. The number of aromatic nitrogens is 1. The fourth-order valence-electron chi connectivity index (χ4n) is 2.22. The van der Waals surface area contributed by atoms with Gasteiger partial charge in [-0.1, -0.05) is 18.2 Å². The lowest BCUT2D eigenvalue weighted by atomic mass is 10.0. The van der Waals surface area contributed by atoms with Crippen LogP contribution in [-0.2, 0) is 4.79 Å². The van der Waals surface area contributed by atoms with E-state index in [4.69, 9.17) is 10.8 Å². The van der Waals surface area contributed by atoms with Crippen LogP contribution in [0.1, 0.15) is 12.0 Å². The van der Waals surface area contributed by atoms with E-state index in [1.54, 1.807) is 12.3 Å². The van der Waals surface area contributed by atoms with Gasteiger partial charge in [0, 0.05) is 29.3 Å². The number of nitrogens with two attached hydrogens (primary N) is 1. The minimum Gasteiger partial charge on any atom is -0.478 e.